The number of hydrogen-bond donors (Lipinski definition) is 2. The first kappa shape index (κ1) is 12.6. The SMILES string of the molecule is N#Cc1ccc(NC(=O)C2CCC(N)CC2)cc1. The highest BCUT2D eigenvalue weighted by Gasteiger charge is 2.24. The molecule has 0 aliphatic heterocycles. The summed E-state index contributed by atoms with van der Waals surface area (Å²) in [6.45, 7) is 0. The molecule has 0 radical (unpaired) electrons. The van der Waals surface area contributed by atoms with Gasteiger partial charge in [0, 0.05) is 17.6 Å². The number of amides is 1. The third kappa shape index (κ3) is 3.08. The molecule has 1 saturated carbocycles. The Morgan fingerprint density at radius 1 is 1.22 bits per heavy atom. The van der Waals surface area contributed by atoms with Crippen LogP contribution in [0.2, 0.25) is 0 Å². The molecule has 0 saturated heterocycles. The van der Waals surface area contributed by atoms with E-state index in [1.165, 1.54) is 0 Å². The molecule has 1 aliphatic carbocycles. The maximum Gasteiger partial charge on any atom is 0.227 e. The van der Waals surface area contributed by atoms with E-state index in [2.05, 4.69) is 5.32 Å². The Bertz CT molecular complexity index is 453. The van der Waals surface area contributed by atoms with Crippen LogP contribution in [0.25, 0.3) is 0 Å². The summed E-state index contributed by atoms with van der Waals surface area (Å²) in [6.07, 6.45) is 3.57. The average molecular weight is 243 g/mol. The summed E-state index contributed by atoms with van der Waals surface area (Å²) < 4.78 is 0. The molecule has 3 N–H and O–H groups in total. The molecule has 0 heterocycles. The van der Waals surface area contributed by atoms with Crippen LogP contribution in [0.15, 0.2) is 24.3 Å². The van der Waals surface area contributed by atoms with E-state index < -0.39 is 0 Å². The molecule has 0 aromatic heterocycles. The Morgan fingerprint density at radius 3 is 2.39 bits per heavy atom. The fourth-order valence-corrected chi connectivity index (χ4v) is 2.25. The van der Waals surface area contributed by atoms with Crippen molar-refractivity contribution in [1.82, 2.24) is 0 Å². The molecule has 0 unspecified atom stereocenters. The van der Waals surface area contributed by atoms with Crippen molar-refractivity contribution < 1.29 is 4.79 Å². The number of carbonyl (C=O) groups is 1. The number of nitrogens with one attached hydrogen (secondary N) is 1. The molecule has 94 valence electrons. The minimum atomic E-state index is 0.0617. The lowest BCUT2D eigenvalue weighted by molar-refractivity contribution is -0.120. The van der Waals surface area contributed by atoms with E-state index in [1.54, 1.807) is 24.3 Å². The number of nitrogens with zero attached hydrogens (tertiary/aromatic N) is 1. The van der Waals surface area contributed by atoms with Gasteiger partial charge in [-0.25, -0.2) is 0 Å². The zero-order valence-electron chi connectivity index (χ0n) is 10.2. The Kier molecular flexibility index (Phi) is 3.96. The first-order valence-corrected chi connectivity index (χ1v) is 6.25. The predicted octanol–water partition coefficient (Wildman–Crippen LogP) is 2.01. The van der Waals surface area contributed by atoms with Crippen LogP contribution < -0.4 is 11.1 Å². The van der Waals surface area contributed by atoms with Crippen molar-refractivity contribution in [1.29, 1.82) is 5.26 Å². The highest BCUT2D eigenvalue weighted by atomic mass is 16.1. The lowest BCUT2D eigenvalue weighted by atomic mass is 9.86. The van der Waals surface area contributed by atoms with E-state index in [9.17, 15) is 4.79 Å². The van der Waals surface area contributed by atoms with Crippen LogP contribution in [-0.2, 0) is 4.79 Å². The second kappa shape index (κ2) is 5.65. The van der Waals surface area contributed by atoms with Crippen LogP contribution in [0.3, 0.4) is 0 Å². The van der Waals surface area contributed by atoms with Gasteiger partial charge in [-0.1, -0.05) is 0 Å². The van der Waals surface area contributed by atoms with Crippen LogP contribution in [0.4, 0.5) is 5.69 Å². The molecular formula is C14H17N3O. The molecule has 1 fully saturated rings. The number of anilines is 1. The van der Waals surface area contributed by atoms with Gasteiger partial charge < -0.3 is 11.1 Å². The Balaban J connectivity index is 1.92. The van der Waals surface area contributed by atoms with Crippen molar-refractivity contribution in [3.8, 4) is 6.07 Å². The minimum Gasteiger partial charge on any atom is -0.328 e. The Hall–Kier alpha value is -1.86. The van der Waals surface area contributed by atoms with E-state index in [1.807, 2.05) is 6.07 Å². The molecule has 0 spiro atoms. The first-order valence-electron chi connectivity index (χ1n) is 6.25. The molecule has 0 atom stereocenters. The second-order valence-electron chi connectivity index (χ2n) is 4.79. The number of rotatable bonds is 2. The van der Waals surface area contributed by atoms with Crippen LogP contribution in [0.5, 0.6) is 0 Å². The largest absolute Gasteiger partial charge is 0.328 e. The van der Waals surface area contributed by atoms with E-state index >= 15 is 0 Å². The molecule has 4 heteroatoms. The minimum absolute atomic E-state index is 0.0617. The fourth-order valence-electron chi connectivity index (χ4n) is 2.25. The normalized spacial score (nSPS) is 23.1. The molecule has 1 aromatic carbocycles. The predicted molar refractivity (Wildman–Crippen MR) is 69.7 cm³/mol. The summed E-state index contributed by atoms with van der Waals surface area (Å²) in [5, 5.41) is 11.6. The maximum atomic E-state index is 12.0. The van der Waals surface area contributed by atoms with Crippen LogP contribution in [0, 0.1) is 17.2 Å². The third-order valence-electron chi connectivity index (χ3n) is 3.42. The quantitative estimate of drug-likeness (QED) is 0.834. The average Bonchev–Trinajstić information content (AvgIpc) is 2.40. The molecule has 1 amide bonds. The summed E-state index contributed by atoms with van der Waals surface area (Å²) in [5.41, 5.74) is 7.16. The molecule has 0 bridgehead atoms. The molecule has 2 rings (SSSR count). The zero-order valence-corrected chi connectivity index (χ0v) is 10.2. The summed E-state index contributed by atoms with van der Waals surface area (Å²) in [7, 11) is 0. The number of hydrogen-bond acceptors (Lipinski definition) is 3. The summed E-state index contributed by atoms with van der Waals surface area (Å²) in [6, 6.07) is 9.21. The van der Waals surface area contributed by atoms with Crippen molar-refractivity contribution in [3.05, 3.63) is 29.8 Å². The number of benzene rings is 1. The molecule has 1 aliphatic rings. The van der Waals surface area contributed by atoms with Gasteiger partial charge in [0.15, 0.2) is 0 Å². The smallest absolute Gasteiger partial charge is 0.227 e. The van der Waals surface area contributed by atoms with Crippen molar-refractivity contribution in [2.45, 2.75) is 31.7 Å². The second-order valence-corrected chi connectivity index (χ2v) is 4.79. The van der Waals surface area contributed by atoms with Crippen molar-refractivity contribution in [2.75, 3.05) is 5.32 Å². The Labute approximate surface area is 107 Å². The van der Waals surface area contributed by atoms with Gasteiger partial charge in [0.2, 0.25) is 5.91 Å². The van der Waals surface area contributed by atoms with Gasteiger partial charge in [-0.15, -0.1) is 0 Å². The number of carbonyl (C=O) groups excluding carboxylic acids is 1. The monoisotopic (exact) mass is 243 g/mol. The highest BCUT2D eigenvalue weighted by Crippen LogP contribution is 2.24. The fraction of sp³-hybridized carbons (Fsp3) is 0.429. The third-order valence-corrected chi connectivity index (χ3v) is 3.42. The summed E-state index contributed by atoms with van der Waals surface area (Å²) in [5.74, 6) is 0.132. The van der Waals surface area contributed by atoms with Gasteiger partial charge in [0.05, 0.1) is 11.6 Å². The van der Waals surface area contributed by atoms with Crippen LogP contribution in [0.1, 0.15) is 31.2 Å². The molecule has 18 heavy (non-hydrogen) atoms. The standard InChI is InChI=1S/C14H17N3O/c15-9-10-1-7-13(8-2-10)17-14(18)11-3-5-12(16)6-4-11/h1-2,7-8,11-12H,3-6,16H2,(H,17,18). The highest BCUT2D eigenvalue weighted by molar-refractivity contribution is 5.92. The first-order chi connectivity index (χ1) is 8.69. The van der Waals surface area contributed by atoms with Crippen LogP contribution in [-0.4, -0.2) is 11.9 Å². The van der Waals surface area contributed by atoms with Gasteiger partial charge in [0.1, 0.15) is 0 Å². The van der Waals surface area contributed by atoms with Crippen LogP contribution >= 0.6 is 0 Å². The lowest BCUT2D eigenvalue weighted by Gasteiger charge is -2.25. The topological polar surface area (TPSA) is 78.9 Å². The van der Waals surface area contributed by atoms with Gasteiger partial charge >= 0.3 is 0 Å². The molecule has 1 aromatic rings. The summed E-state index contributed by atoms with van der Waals surface area (Å²) >= 11 is 0. The van der Waals surface area contributed by atoms with Gasteiger partial charge in [-0.05, 0) is 49.9 Å². The van der Waals surface area contributed by atoms with Gasteiger partial charge in [0.25, 0.3) is 0 Å². The summed E-state index contributed by atoms with van der Waals surface area (Å²) in [4.78, 5) is 12.0. The molecular weight excluding hydrogens is 226 g/mol. The van der Waals surface area contributed by atoms with Crippen molar-refractivity contribution in [2.24, 2.45) is 11.7 Å². The van der Waals surface area contributed by atoms with Gasteiger partial charge in [-0.2, -0.15) is 5.26 Å². The van der Waals surface area contributed by atoms with E-state index in [0.717, 1.165) is 31.4 Å². The number of nitrogens with two attached hydrogens (primary N) is 1. The maximum absolute atomic E-state index is 12.0. The van der Waals surface area contributed by atoms with E-state index in [4.69, 9.17) is 11.0 Å². The number of nitriles is 1. The molecule has 4 nitrogen and oxygen atoms in total. The van der Waals surface area contributed by atoms with Gasteiger partial charge in [-0.3, -0.25) is 4.79 Å². The van der Waals surface area contributed by atoms with Crippen molar-refractivity contribution in [3.63, 3.8) is 0 Å². The van der Waals surface area contributed by atoms with E-state index in [-0.39, 0.29) is 17.9 Å². The van der Waals surface area contributed by atoms with Crippen molar-refractivity contribution >= 4 is 11.6 Å². The lowest BCUT2D eigenvalue weighted by Crippen LogP contribution is -2.32. The van der Waals surface area contributed by atoms with E-state index in [0.29, 0.717) is 5.56 Å². The Morgan fingerprint density at radius 2 is 1.83 bits per heavy atom. The zero-order chi connectivity index (χ0) is 13.0.